The lowest BCUT2D eigenvalue weighted by atomic mass is 9.44. The molecule has 0 heterocycles. The molecule has 0 aromatic carbocycles. The van der Waals surface area contributed by atoms with Crippen molar-refractivity contribution in [3.05, 3.63) is 0 Å². The number of rotatable bonds is 4. The van der Waals surface area contributed by atoms with Gasteiger partial charge in [0, 0.05) is 18.8 Å². The van der Waals surface area contributed by atoms with E-state index in [1.165, 1.54) is 26.4 Å². The molecule has 0 saturated heterocycles. The maximum Gasteiger partial charge on any atom is 0.305 e. The third-order valence-corrected chi connectivity index (χ3v) is 10.2. The molecule has 4 heteroatoms. The van der Waals surface area contributed by atoms with Gasteiger partial charge in [0.25, 0.3) is 0 Å². The summed E-state index contributed by atoms with van der Waals surface area (Å²) in [4.78, 5) is 25.0. The Morgan fingerprint density at radius 1 is 1.14 bits per heavy atom. The van der Waals surface area contributed by atoms with Crippen LogP contribution in [-0.2, 0) is 14.3 Å². The molecule has 0 aromatic heterocycles. The molecular formula is C25H40O4. The molecule has 29 heavy (non-hydrogen) atoms. The Morgan fingerprint density at radius 2 is 1.83 bits per heavy atom. The quantitative estimate of drug-likeness (QED) is 0.685. The van der Waals surface area contributed by atoms with Gasteiger partial charge in [-0.25, -0.2) is 0 Å². The van der Waals surface area contributed by atoms with Crippen molar-refractivity contribution in [2.45, 2.75) is 91.1 Å². The van der Waals surface area contributed by atoms with E-state index in [-0.39, 0.29) is 28.8 Å². The molecule has 0 amide bonds. The lowest BCUT2D eigenvalue weighted by Crippen LogP contribution is -2.57. The zero-order valence-corrected chi connectivity index (χ0v) is 18.8. The molecule has 4 aliphatic carbocycles. The molecule has 4 rings (SSSR count). The SMILES string of the molecule is COC(=O)CCC(C)[C@H]1CC[C@H]2[C@@H]3C(=O)C[C@@H]4C[C@H](O)CCC4(C)C3CCC12C. The summed E-state index contributed by atoms with van der Waals surface area (Å²) in [5, 5.41) is 10.2. The second kappa shape index (κ2) is 7.66. The van der Waals surface area contributed by atoms with E-state index in [1.54, 1.807) is 0 Å². The van der Waals surface area contributed by atoms with Crippen molar-refractivity contribution in [3.8, 4) is 0 Å². The molecule has 0 spiro atoms. The van der Waals surface area contributed by atoms with Crippen molar-refractivity contribution in [2.75, 3.05) is 7.11 Å². The number of ketones is 1. The van der Waals surface area contributed by atoms with Crippen LogP contribution in [0.5, 0.6) is 0 Å². The Bertz CT molecular complexity index is 659. The Hall–Kier alpha value is -0.900. The van der Waals surface area contributed by atoms with Crippen LogP contribution in [0.25, 0.3) is 0 Å². The monoisotopic (exact) mass is 404 g/mol. The normalized spacial score (nSPS) is 47.7. The second-order valence-corrected chi connectivity index (χ2v) is 11.4. The predicted molar refractivity (Wildman–Crippen MR) is 112 cm³/mol. The van der Waals surface area contributed by atoms with Crippen LogP contribution < -0.4 is 0 Å². The first-order chi connectivity index (χ1) is 13.7. The molecule has 0 radical (unpaired) electrons. The van der Waals surface area contributed by atoms with E-state index < -0.39 is 0 Å². The van der Waals surface area contributed by atoms with E-state index in [4.69, 9.17) is 4.74 Å². The Morgan fingerprint density at radius 3 is 2.55 bits per heavy atom. The molecule has 0 aliphatic heterocycles. The van der Waals surface area contributed by atoms with E-state index in [0.29, 0.717) is 48.2 Å². The highest BCUT2D eigenvalue weighted by molar-refractivity contribution is 5.83. The van der Waals surface area contributed by atoms with Gasteiger partial charge in [-0.1, -0.05) is 20.8 Å². The van der Waals surface area contributed by atoms with E-state index in [1.807, 2.05) is 0 Å². The number of hydrogen-bond acceptors (Lipinski definition) is 4. The number of ether oxygens (including phenoxy) is 1. The number of esters is 1. The number of aliphatic hydroxyl groups excluding tert-OH is 1. The minimum atomic E-state index is -0.210. The van der Waals surface area contributed by atoms with Crippen LogP contribution in [0.2, 0.25) is 0 Å². The summed E-state index contributed by atoms with van der Waals surface area (Å²) in [6.45, 7) is 7.18. The van der Waals surface area contributed by atoms with Gasteiger partial charge in [-0.15, -0.1) is 0 Å². The predicted octanol–water partition coefficient (Wildman–Crippen LogP) is 4.77. The molecule has 1 N–H and O–H groups in total. The van der Waals surface area contributed by atoms with E-state index in [0.717, 1.165) is 32.1 Å². The van der Waals surface area contributed by atoms with Crippen molar-refractivity contribution in [3.63, 3.8) is 0 Å². The summed E-state index contributed by atoms with van der Waals surface area (Å²) in [6, 6.07) is 0. The molecule has 164 valence electrons. The standard InChI is InChI=1S/C25H40O4/c1-15(5-8-22(28)29-4)18-6-7-19-23-20(10-12-25(18,19)3)24(2)11-9-17(26)13-16(24)14-21(23)27/h15-20,23,26H,5-14H2,1-4H3/t15?,16-,17+,18+,19-,20?,23-,24?,25?/m0/s1. The summed E-state index contributed by atoms with van der Waals surface area (Å²) >= 11 is 0. The zero-order chi connectivity index (χ0) is 21.0. The van der Waals surface area contributed by atoms with Crippen molar-refractivity contribution in [2.24, 2.45) is 46.3 Å². The maximum atomic E-state index is 13.4. The van der Waals surface area contributed by atoms with Gasteiger partial charge in [0.2, 0.25) is 0 Å². The van der Waals surface area contributed by atoms with Crippen LogP contribution in [-0.4, -0.2) is 30.1 Å². The van der Waals surface area contributed by atoms with Crippen LogP contribution in [0, 0.1) is 46.3 Å². The molecule has 4 aliphatic rings. The highest BCUT2D eigenvalue weighted by Crippen LogP contribution is 2.67. The van der Waals surface area contributed by atoms with Crippen LogP contribution >= 0.6 is 0 Å². The van der Waals surface area contributed by atoms with Crippen LogP contribution in [0.15, 0.2) is 0 Å². The Balaban J connectivity index is 1.53. The molecule has 4 unspecified atom stereocenters. The van der Waals surface area contributed by atoms with Gasteiger partial charge in [0.1, 0.15) is 5.78 Å². The van der Waals surface area contributed by atoms with Gasteiger partial charge in [0.05, 0.1) is 13.2 Å². The average molecular weight is 405 g/mol. The molecule has 4 nitrogen and oxygen atoms in total. The lowest BCUT2D eigenvalue weighted by Gasteiger charge is -2.60. The summed E-state index contributed by atoms with van der Waals surface area (Å²) in [5.41, 5.74) is 0.456. The topological polar surface area (TPSA) is 63.6 Å². The first-order valence-corrected chi connectivity index (χ1v) is 12.0. The second-order valence-electron chi connectivity index (χ2n) is 11.4. The molecule has 0 bridgehead atoms. The number of aliphatic hydroxyl groups is 1. The fraction of sp³-hybridized carbons (Fsp3) is 0.920. The van der Waals surface area contributed by atoms with E-state index in [2.05, 4.69) is 20.8 Å². The molecule has 4 saturated carbocycles. The summed E-state index contributed by atoms with van der Waals surface area (Å²) < 4.78 is 4.85. The average Bonchev–Trinajstić information content (AvgIpc) is 3.04. The largest absolute Gasteiger partial charge is 0.469 e. The maximum absolute atomic E-state index is 13.4. The lowest BCUT2D eigenvalue weighted by molar-refractivity contribution is -0.160. The molecule has 4 fully saturated rings. The van der Waals surface area contributed by atoms with Crippen molar-refractivity contribution < 1.29 is 19.4 Å². The zero-order valence-electron chi connectivity index (χ0n) is 18.8. The molecule has 9 atom stereocenters. The minimum Gasteiger partial charge on any atom is -0.469 e. The van der Waals surface area contributed by atoms with Gasteiger partial charge in [-0.05, 0) is 91.8 Å². The van der Waals surface area contributed by atoms with Gasteiger partial charge in [-0.2, -0.15) is 0 Å². The Kier molecular flexibility index (Phi) is 5.63. The summed E-state index contributed by atoms with van der Waals surface area (Å²) in [6.07, 6.45) is 9.40. The van der Waals surface area contributed by atoms with Gasteiger partial charge in [-0.3, -0.25) is 9.59 Å². The summed E-state index contributed by atoms with van der Waals surface area (Å²) in [5.74, 6) is 3.08. The highest BCUT2D eigenvalue weighted by Gasteiger charge is 2.62. The summed E-state index contributed by atoms with van der Waals surface area (Å²) in [7, 11) is 1.47. The third kappa shape index (κ3) is 3.38. The van der Waals surface area contributed by atoms with Crippen LogP contribution in [0.4, 0.5) is 0 Å². The van der Waals surface area contributed by atoms with Crippen molar-refractivity contribution in [1.82, 2.24) is 0 Å². The van der Waals surface area contributed by atoms with Crippen LogP contribution in [0.1, 0.15) is 85.0 Å². The number of Topliss-reactive ketones (excluding diaryl/α,β-unsaturated/α-hetero) is 1. The molecular weight excluding hydrogens is 364 g/mol. The van der Waals surface area contributed by atoms with Crippen molar-refractivity contribution in [1.29, 1.82) is 0 Å². The number of hydrogen-bond donors (Lipinski definition) is 1. The number of carbonyl (C=O) groups excluding carboxylic acids is 2. The third-order valence-electron chi connectivity index (χ3n) is 10.2. The fourth-order valence-electron chi connectivity index (χ4n) is 8.53. The van der Waals surface area contributed by atoms with Gasteiger partial charge in [0.15, 0.2) is 0 Å². The highest BCUT2D eigenvalue weighted by atomic mass is 16.5. The van der Waals surface area contributed by atoms with Crippen LogP contribution in [0.3, 0.4) is 0 Å². The minimum absolute atomic E-state index is 0.110. The smallest absolute Gasteiger partial charge is 0.305 e. The molecule has 0 aromatic rings. The number of methoxy groups -OCH3 is 1. The first-order valence-electron chi connectivity index (χ1n) is 12.0. The fourth-order valence-corrected chi connectivity index (χ4v) is 8.53. The number of fused-ring (bicyclic) bond motifs is 5. The van der Waals surface area contributed by atoms with Crippen molar-refractivity contribution >= 4 is 11.8 Å². The Labute approximate surface area is 176 Å². The van der Waals surface area contributed by atoms with Gasteiger partial charge < -0.3 is 9.84 Å². The van der Waals surface area contributed by atoms with E-state index >= 15 is 0 Å². The first kappa shape index (κ1) is 21.3. The van der Waals surface area contributed by atoms with E-state index in [9.17, 15) is 14.7 Å². The number of carbonyl (C=O) groups is 2. The van der Waals surface area contributed by atoms with Gasteiger partial charge >= 0.3 is 5.97 Å².